The first-order valence-electron chi connectivity index (χ1n) is 8.33. The fourth-order valence-electron chi connectivity index (χ4n) is 2.72. The number of hydrogen-bond acceptors (Lipinski definition) is 3. The van der Waals surface area contributed by atoms with Crippen LogP contribution in [-0.4, -0.2) is 27.5 Å². The zero-order valence-electron chi connectivity index (χ0n) is 16.0. The van der Waals surface area contributed by atoms with Crippen LogP contribution in [0.25, 0.3) is 5.69 Å². The fourth-order valence-corrected chi connectivity index (χ4v) is 2.72. The lowest BCUT2D eigenvalue weighted by atomic mass is 9.78. The van der Waals surface area contributed by atoms with E-state index in [-0.39, 0.29) is 24.0 Å². The molecule has 25 heavy (non-hydrogen) atoms. The third-order valence-corrected chi connectivity index (χ3v) is 4.95. The van der Waals surface area contributed by atoms with E-state index in [2.05, 4.69) is 13.2 Å². The molecular formula is C19H27BN2O3. The van der Waals surface area contributed by atoms with Crippen molar-refractivity contribution in [3.05, 3.63) is 59.8 Å². The standard InChI is InChI=1S/C17H23BN2O3.C2H4/c1-12-11-13(18-22-16(2,3)17(4,5)23-18)7-8-14(12)20-10-9-19(6)15(20)21;1-2/h7-11H,1-6H3;1-2H2. The normalized spacial score (nSPS) is 17.9. The second-order valence-electron chi connectivity index (χ2n) is 7.20. The van der Waals surface area contributed by atoms with E-state index in [1.807, 2.05) is 52.8 Å². The number of aromatic nitrogens is 2. The maximum atomic E-state index is 12.1. The Kier molecular flexibility index (Phi) is 5.16. The Morgan fingerprint density at radius 1 is 1.04 bits per heavy atom. The molecule has 0 bridgehead atoms. The van der Waals surface area contributed by atoms with Crippen molar-refractivity contribution in [1.82, 2.24) is 9.13 Å². The van der Waals surface area contributed by atoms with Crippen LogP contribution in [0.4, 0.5) is 0 Å². The molecule has 1 aromatic heterocycles. The molecule has 0 spiro atoms. The van der Waals surface area contributed by atoms with E-state index in [0.717, 1.165) is 16.7 Å². The van der Waals surface area contributed by atoms with Crippen molar-refractivity contribution in [1.29, 1.82) is 0 Å². The van der Waals surface area contributed by atoms with Gasteiger partial charge in [-0.25, -0.2) is 4.79 Å². The quantitative estimate of drug-likeness (QED) is 0.623. The van der Waals surface area contributed by atoms with Gasteiger partial charge in [-0.2, -0.15) is 0 Å². The number of imidazole rings is 1. The van der Waals surface area contributed by atoms with Crippen LogP contribution in [-0.2, 0) is 16.4 Å². The minimum atomic E-state index is -0.389. The van der Waals surface area contributed by atoms with Crippen LogP contribution in [0.2, 0.25) is 0 Å². The highest BCUT2D eigenvalue weighted by Crippen LogP contribution is 2.36. The summed E-state index contributed by atoms with van der Waals surface area (Å²) >= 11 is 0. The van der Waals surface area contributed by atoms with E-state index < -0.39 is 0 Å². The Balaban J connectivity index is 0.00000109. The minimum Gasteiger partial charge on any atom is -0.399 e. The lowest BCUT2D eigenvalue weighted by molar-refractivity contribution is 0.00578. The monoisotopic (exact) mass is 342 g/mol. The highest BCUT2D eigenvalue weighted by atomic mass is 16.7. The van der Waals surface area contributed by atoms with Crippen LogP contribution < -0.4 is 11.2 Å². The van der Waals surface area contributed by atoms with E-state index >= 15 is 0 Å². The molecule has 3 rings (SSSR count). The number of aryl methyl sites for hydroxylation is 2. The van der Waals surface area contributed by atoms with Gasteiger partial charge in [0, 0.05) is 19.4 Å². The Morgan fingerprint density at radius 3 is 2.04 bits per heavy atom. The maximum absolute atomic E-state index is 12.1. The van der Waals surface area contributed by atoms with Gasteiger partial charge in [0.15, 0.2) is 0 Å². The highest BCUT2D eigenvalue weighted by molar-refractivity contribution is 6.62. The summed E-state index contributed by atoms with van der Waals surface area (Å²) in [5.74, 6) is 0. The second-order valence-corrected chi connectivity index (χ2v) is 7.20. The first-order valence-corrected chi connectivity index (χ1v) is 8.33. The average molecular weight is 342 g/mol. The van der Waals surface area contributed by atoms with Crippen LogP contribution in [0.5, 0.6) is 0 Å². The van der Waals surface area contributed by atoms with E-state index in [9.17, 15) is 4.79 Å². The summed E-state index contributed by atoms with van der Waals surface area (Å²) < 4.78 is 15.4. The van der Waals surface area contributed by atoms with Gasteiger partial charge in [-0.1, -0.05) is 12.1 Å². The van der Waals surface area contributed by atoms with Gasteiger partial charge in [0.1, 0.15) is 0 Å². The summed E-state index contributed by atoms with van der Waals surface area (Å²) in [6.07, 6.45) is 3.53. The SMILES string of the molecule is C=C.Cc1cc(B2OC(C)(C)C(C)(C)O2)ccc1-n1ccn(C)c1=O. The molecule has 1 aliphatic heterocycles. The maximum Gasteiger partial charge on any atom is 0.494 e. The molecule has 2 aromatic rings. The van der Waals surface area contributed by atoms with Gasteiger partial charge in [-0.15, -0.1) is 13.2 Å². The molecule has 0 aliphatic carbocycles. The molecule has 0 amide bonds. The predicted octanol–water partition coefficient (Wildman–Crippen LogP) is 2.59. The lowest BCUT2D eigenvalue weighted by Gasteiger charge is -2.32. The Hall–Kier alpha value is -2.05. The Labute approximate surface area is 150 Å². The topological polar surface area (TPSA) is 45.4 Å². The summed E-state index contributed by atoms with van der Waals surface area (Å²) in [6.45, 7) is 16.1. The van der Waals surface area contributed by atoms with Crippen LogP contribution >= 0.6 is 0 Å². The summed E-state index contributed by atoms with van der Waals surface area (Å²) in [6, 6.07) is 5.93. The van der Waals surface area contributed by atoms with E-state index in [4.69, 9.17) is 9.31 Å². The molecule has 0 N–H and O–H groups in total. The third-order valence-electron chi connectivity index (χ3n) is 4.95. The molecule has 1 aromatic carbocycles. The second kappa shape index (κ2) is 6.69. The van der Waals surface area contributed by atoms with Crippen LogP contribution in [0, 0.1) is 6.92 Å². The van der Waals surface area contributed by atoms with Gasteiger partial charge in [0.2, 0.25) is 0 Å². The first-order chi connectivity index (χ1) is 11.6. The molecule has 0 atom stereocenters. The van der Waals surface area contributed by atoms with Gasteiger partial charge >= 0.3 is 12.8 Å². The molecule has 0 radical (unpaired) electrons. The highest BCUT2D eigenvalue weighted by Gasteiger charge is 2.51. The Morgan fingerprint density at radius 2 is 1.60 bits per heavy atom. The van der Waals surface area contributed by atoms with Crippen molar-refractivity contribution in [2.75, 3.05) is 0 Å². The minimum absolute atomic E-state index is 0.0588. The van der Waals surface area contributed by atoms with E-state index in [1.54, 1.807) is 28.6 Å². The van der Waals surface area contributed by atoms with Crippen molar-refractivity contribution >= 4 is 12.6 Å². The molecule has 6 heteroatoms. The van der Waals surface area contributed by atoms with Crippen molar-refractivity contribution in [2.45, 2.75) is 45.8 Å². The van der Waals surface area contributed by atoms with Gasteiger partial charge in [-0.3, -0.25) is 4.57 Å². The number of hydrogen-bond donors (Lipinski definition) is 0. The molecule has 1 aliphatic rings. The van der Waals surface area contributed by atoms with Crippen LogP contribution in [0.3, 0.4) is 0 Å². The molecular weight excluding hydrogens is 315 g/mol. The number of benzene rings is 1. The summed E-state index contributed by atoms with van der Waals surface area (Å²) in [7, 11) is 1.35. The molecule has 1 fully saturated rings. The van der Waals surface area contributed by atoms with Gasteiger partial charge in [0.05, 0.1) is 16.9 Å². The van der Waals surface area contributed by atoms with Crippen molar-refractivity contribution in [3.63, 3.8) is 0 Å². The molecule has 0 unspecified atom stereocenters. The van der Waals surface area contributed by atoms with Gasteiger partial charge in [0.25, 0.3) is 0 Å². The average Bonchev–Trinajstić information content (AvgIpc) is 2.98. The number of rotatable bonds is 2. The largest absolute Gasteiger partial charge is 0.494 e. The smallest absolute Gasteiger partial charge is 0.399 e. The first kappa shape index (κ1) is 19.3. The fraction of sp³-hybridized carbons (Fsp3) is 0.421. The Bertz CT molecular complexity index is 804. The molecule has 5 nitrogen and oxygen atoms in total. The van der Waals surface area contributed by atoms with Crippen LogP contribution in [0.1, 0.15) is 33.3 Å². The zero-order valence-corrected chi connectivity index (χ0v) is 16.0. The van der Waals surface area contributed by atoms with E-state index in [0.29, 0.717) is 0 Å². The zero-order chi connectivity index (χ0) is 19.0. The molecule has 134 valence electrons. The predicted molar refractivity (Wildman–Crippen MR) is 103 cm³/mol. The summed E-state index contributed by atoms with van der Waals surface area (Å²) in [5, 5.41) is 0. The number of nitrogens with zero attached hydrogens (tertiary/aromatic N) is 2. The van der Waals surface area contributed by atoms with Crippen molar-refractivity contribution in [2.24, 2.45) is 7.05 Å². The lowest BCUT2D eigenvalue weighted by Crippen LogP contribution is -2.41. The van der Waals surface area contributed by atoms with Crippen molar-refractivity contribution in [3.8, 4) is 5.69 Å². The molecule has 1 saturated heterocycles. The van der Waals surface area contributed by atoms with Crippen molar-refractivity contribution < 1.29 is 9.31 Å². The van der Waals surface area contributed by atoms with E-state index in [1.165, 1.54) is 0 Å². The van der Waals surface area contributed by atoms with Gasteiger partial charge < -0.3 is 13.9 Å². The summed E-state index contributed by atoms with van der Waals surface area (Å²) in [4.78, 5) is 12.1. The molecule has 0 saturated carbocycles. The third kappa shape index (κ3) is 3.37. The van der Waals surface area contributed by atoms with Gasteiger partial charge in [-0.05, 0) is 51.7 Å². The molecule has 2 heterocycles. The summed E-state index contributed by atoms with van der Waals surface area (Å²) in [5.41, 5.74) is 2.06. The van der Waals surface area contributed by atoms with Crippen LogP contribution in [0.15, 0.2) is 48.5 Å².